The largest absolute Gasteiger partial charge is 0.383 e. The Hall–Kier alpha value is -1.76. The lowest BCUT2D eigenvalue weighted by atomic mass is 9.97. The van der Waals surface area contributed by atoms with Gasteiger partial charge in [-0.1, -0.05) is 30.3 Å². The standard InChI is InChI=1S/C19H25N3O2S/c1-24-11-10-22-9-5-8-16(13-22)19(23)20-12-18-21-17(14-25-18)15-6-3-2-4-7-15/h2-4,6-7,14,16H,5,8-13H2,1H3,(H,20,23)/t16-/m1/s1. The van der Waals surface area contributed by atoms with Crippen LogP contribution in [0.2, 0.25) is 0 Å². The number of carbonyl (C=O) groups excluding carboxylic acids is 1. The smallest absolute Gasteiger partial charge is 0.224 e. The average Bonchev–Trinajstić information content (AvgIpc) is 3.14. The van der Waals surface area contributed by atoms with E-state index in [4.69, 9.17) is 4.74 Å². The van der Waals surface area contributed by atoms with Crippen LogP contribution in [0.5, 0.6) is 0 Å². The summed E-state index contributed by atoms with van der Waals surface area (Å²) in [5, 5.41) is 6.05. The minimum absolute atomic E-state index is 0.0687. The average molecular weight is 359 g/mol. The second-order valence-electron chi connectivity index (χ2n) is 6.34. The van der Waals surface area contributed by atoms with Gasteiger partial charge < -0.3 is 15.0 Å². The highest BCUT2D eigenvalue weighted by Crippen LogP contribution is 2.22. The second-order valence-corrected chi connectivity index (χ2v) is 7.29. The number of amides is 1. The van der Waals surface area contributed by atoms with Crippen LogP contribution < -0.4 is 5.32 Å². The van der Waals surface area contributed by atoms with Crippen molar-refractivity contribution < 1.29 is 9.53 Å². The Balaban J connectivity index is 1.50. The lowest BCUT2D eigenvalue weighted by Crippen LogP contribution is -2.43. The zero-order valence-corrected chi connectivity index (χ0v) is 15.4. The number of nitrogens with one attached hydrogen (secondary N) is 1. The minimum Gasteiger partial charge on any atom is -0.383 e. The van der Waals surface area contributed by atoms with Crippen molar-refractivity contribution in [3.8, 4) is 11.3 Å². The van der Waals surface area contributed by atoms with Crippen LogP contribution >= 0.6 is 11.3 Å². The van der Waals surface area contributed by atoms with Gasteiger partial charge >= 0.3 is 0 Å². The zero-order valence-electron chi connectivity index (χ0n) is 14.6. The Labute approximate surface area is 153 Å². The number of carbonyl (C=O) groups is 1. The molecule has 1 amide bonds. The molecule has 0 spiro atoms. The van der Waals surface area contributed by atoms with Crippen molar-refractivity contribution in [1.82, 2.24) is 15.2 Å². The topological polar surface area (TPSA) is 54.5 Å². The maximum Gasteiger partial charge on any atom is 0.224 e. The van der Waals surface area contributed by atoms with Crippen LogP contribution in [0.25, 0.3) is 11.3 Å². The summed E-state index contributed by atoms with van der Waals surface area (Å²) in [7, 11) is 1.71. The van der Waals surface area contributed by atoms with E-state index in [2.05, 4.69) is 15.2 Å². The van der Waals surface area contributed by atoms with Crippen LogP contribution in [0.1, 0.15) is 17.8 Å². The van der Waals surface area contributed by atoms with Crippen LogP contribution in [0.3, 0.4) is 0 Å². The van der Waals surface area contributed by atoms with Crippen LogP contribution in [0.4, 0.5) is 0 Å². The first kappa shape index (κ1) is 18.0. The van der Waals surface area contributed by atoms with E-state index < -0.39 is 0 Å². The van der Waals surface area contributed by atoms with Gasteiger partial charge in [-0.15, -0.1) is 11.3 Å². The molecule has 5 nitrogen and oxygen atoms in total. The molecule has 1 saturated heterocycles. The van der Waals surface area contributed by atoms with Crippen LogP contribution in [-0.2, 0) is 16.1 Å². The number of hydrogen-bond donors (Lipinski definition) is 1. The molecule has 0 unspecified atom stereocenters. The lowest BCUT2D eigenvalue weighted by Gasteiger charge is -2.31. The van der Waals surface area contributed by atoms with E-state index in [-0.39, 0.29) is 11.8 Å². The van der Waals surface area contributed by atoms with E-state index in [9.17, 15) is 4.79 Å². The Bertz CT molecular complexity index is 674. The highest BCUT2D eigenvalue weighted by molar-refractivity contribution is 7.09. The fourth-order valence-corrected chi connectivity index (χ4v) is 3.88. The highest BCUT2D eigenvalue weighted by atomic mass is 32.1. The summed E-state index contributed by atoms with van der Waals surface area (Å²) in [6.07, 6.45) is 2.03. The van der Waals surface area contributed by atoms with Gasteiger partial charge in [0.25, 0.3) is 0 Å². The summed E-state index contributed by atoms with van der Waals surface area (Å²) in [6.45, 7) is 4.00. The Kier molecular flexibility index (Phi) is 6.55. The van der Waals surface area contributed by atoms with Crippen molar-refractivity contribution in [1.29, 1.82) is 0 Å². The molecular weight excluding hydrogens is 334 g/mol. The van der Waals surface area contributed by atoms with E-state index in [0.717, 1.165) is 55.3 Å². The monoisotopic (exact) mass is 359 g/mol. The number of hydrogen-bond acceptors (Lipinski definition) is 5. The molecule has 1 N–H and O–H groups in total. The molecule has 1 aliphatic rings. The summed E-state index contributed by atoms with van der Waals surface area (Å²) >= 11 is 1.59. The molecule has 1 aromatic heterocycles. The zero-order chi connectivity index (χ0) is 17.5. The second kappa shape index (κ2) is 9.08. The summed E-state index contributed by atoms with van der Waals surface area (Å²) in [6, 6.07) is 10.1. The number of thiazole rings is 1. The van der Waals surface area contributed by atoms with Gasteiger partial charge in [-0.3, -0.25) is 4.79 Å². The number of piperidine rings is 1. The van der Waals surface area contributed by atoms with E-state index in [0.29, 0.717) is 6.54 Å². The quantitative estimate of drug-likeness (QED) is 0.826. The molecule has 1 fully saturated rings. The first-order valence-corrected chi connectivity index (χ1v) is 9.63. The van der Waals surface area contributed by atoms with Gasteiger partial charge in [0.05, 0.1) is 24.8 Å². The van der Waals surface area contributed by atoms with Gasteiger partial charge in [-0.05, 0) is 19.4 Å². The SMILES string of the molecule is COCCN1CCC[C@@H](C(=O)NCc2nc(-c3ccccc3)cs2)C1. The summed E-state index contributed by atoms with van der Waals surface area (Å²) in [4.78, 5) is 19.4. The normalized spacial score (nSPS) is 18.2. The van der Waals surface area contributed by atoms with Gasteiger partial charge in [-0.2, -0.15) is 0 Å². The fraction of sp³-hybridized carbons (Fsp3) is 0.474. The van der Waals surface area contributed by atoms with E-state index >= 15 is 0 Å². The molecule has 0 aliphatic carbocycles. The molecule has 1 atom stereocenters. The van der Waals surface area contributed by atoms with Crippen molar-refractivity contribution in [3.63, 3.8) is 0 Å². The van der Waals surface area contributed by atoms with Crippen LogP contribution in [0.15, 0.2) is 35.7 Å². The van der Waals surface area contributed by atoms with Crippen molar-refractivity contribution in [3.05, 3.63) is 40.7 Å². The third-order valence-corrected chi connectivity index (χ3v) is 5.37. The fourth-order valence-electron chi connectivity index (χ4n) is 3.13. The van der Waals surface area contributed by atoms with Crippen LogP contribution in [-0.4, -0.2) is 49.1 Å². The number of ether oxygens (including phenoxy) is 1. The predicted molar refractivity (Wildman–Crippen MR) is 100 cm³/mol. The highest BCUT2D eigenvalue weighted by Gasteiger charge is 2.25. The van der Waals surface area contributed by atoms with Gasteiger partial charge in [0.1, 0.15) is 5.01 Å². The number of likely N-dealkylation sites (tertiary alicyclic amines) is 1. The predicted octanol–water partition coefficient (Wildman–Crippen LogP) is 2.78. The van der Waals surface area contributed by atoms with E-state index in [1.165, 1.54) is 0 Å². The number of aromatic nitrogens is 1. The first-order valence-electron chi connectivity index (χ1n) is 8.75. The number of rotatable bonds is 7. The van der Waals surface area contributed by atoms with Gasteiger partial charge in [0.15, 0.2) is 0 Å². The molecule has 0 radical (unpaired) electrons. The Morgan fingerprint density at radius 1 is 1.40 bits per heavy atom. The molecule has 6 heteroatoms. The maximum atomic E-state index is 12.5. The van der Waals surface area contributed by atoms with Crippen molar-refractivity contribution >= 4 is 17.2 Å². The first-order chi connectivity index (χ1) is 12.3. The van der Waals surface area contributed by atoms with Gasteiger partial charge in [0, 0.05) is 31.1 Å². The molecule has 2 aromatic rings. The summed E-state index contributed by atoms with van der Waals surface area (Å²) < 4.78 is 5.14. The minimum atomic E-state index is 0.0687. The van der Waals surface area contributed by atoms with Crippen molar-refractivity contribution in [2.75, 3.05) is 33.4 Å². The van der Waals surface area contributed by atoms with Crippen molar-refractivity contribution in [2.24, 2.45) is 5.92 Å². The molecule has 0 saturated carbocycles. The lowest BCUT2D eigenvalue weighted by molar-refractivity contribution is -0.126. The molecule has 1 aliphatic heterocycles. The molecule has 1 aromatic carbocycles. The third-order valence-electron chi connectivity index (χ3n) is 4.52. The van der Waals surface area contributed by atoms with Gasteiger partial charge in [0.2, 0.25) is 5.91 Å². The third kappa shape index (κ3) is 5.11. The molecule has 0 bridgehead atoms. The van der Waals surface area contributed by atoms with E-state index in [1.807, 2.05) is 35.7 Å². The van der Waals surface area contributed by atoms with Crippen molar-refractivity contribution in [2.45, 2.75) is 19.4 Å². The Morgan fingerprint density at radius 2 is 2.24 bits per heavy atom. The molecule has 3 rings (SSSR count). The molecule has 2 heterocycles. The number of benzene rings is 1. The number of nitrogens with zero attached hydrogens (tertiary/aromatic N) is 2. The Morgan fingerprint density at radius 3 is 3.04 bits per heavy atom. The molecule has 25 heavy (non-hydrogen) atoms. The molecule has 134 valence electrons. The maximum absolute atomic E-state index is 12.5. The summed E-state index contributed by atoms with van der Waals surface area (Å²) in [5.74, 6) is 0.206. The number of methoxy groups -OCH3 is 1. The van der Waals surface area contributed by atoms with Gasteiger partial charge in [-0.25, -0.2) is 4.98 Å². The summed E-state index contributed by atoms with van der Waals surface area (Å²) in [5.41, 5.74) is 2.08. The molecular formula is C19H25N3O2S. The van der Waals surface area contributed by atoms with E-state index in [1.54, 1.807) is 18.4 Å². The van der Waals surface area contributed by atoms with Crippen LogP contribution in [0, 0.1) is 5.92 Å².